The first-order valence-corrected chi connectivity index (χ1v) is 11.0. The number of aryl methyl sites for hydroxylation is 2. The molecular weight excluding hydrogens is 370 g/mol. The van der Waals surface area contributed by atoms with Crippen LogP contribution >= 0.6 is 11.6 Å². The molecule has 1 aromatic heterocycles. The predicted molar refractivity (Wildman–Crippen MR) is 117 cm³/mol. The molecule has 1 aliphatic carbocycles. The van der Waals surface area contributed by atoms with Crippen LogP contribution in [0, 0.1) is 0 Å². The van der Waals surface area contributed by atoms with Crippen molar-refractivity contribution in [3.8, 4) is 0 Å². The largest absolute Gasteiger partial charge is 0.350 e. The second kappa shape index (κ2) is 9.71. The maximum atomic E-state index is 12.7. The lowest BCUT2D eigenvalue weighted by Crippen LogP contribution is -2.33. The monoisotopic (exact) mass is 401 g/mol. The first kappa shape index (κ1) is 21.1. The number of carbonyl (C=O) groups is 1. The van der Waals surface area contributed by atoms with E-state index in [-0.39, 0.29) is 11.9 Å². The van der Waals surface area contributed by atoms with Gasteiger partial charge in [0.2, 0.25) is 0 Å². The molecule has 1 unspecified atom stereocenters. The first-order chi connectivity index (χ1) is 13.5. The molecule has 2 aromatic rings. The minimum absolute atomic E-state index is 0.0707. The number of hydrogen-bond acceptors (Lipinski definition) is 3. The number of pyridine rings is 1. The second-order valence-electron chi connectivity index (χ2n) is 7.87. The van der Waals surface area contributed by atoms with E-state index in [1.807, 2.05) is 6.07 Å². The summed E-state index contributed by atoms with van der Waals surface area (Å²) in [5, 5.41) is 4.68. The standard InChI is InChI=1S/C23H32ClN3O/c1-4-27(5-2)12-8-9-16(3)25-23(28)18-14-20(24)19-13-17-10-6-7-11-21(17)26-22(19)15-18/h13-16H,4-12H2,1-3H3,(H,25,28). The number of aromatic nitrogens is 1. The van der Waals surface area contributed by atoms with Crippen LogP contribution in [0.2, 0.25) is 5.02 Å². The highest BCUT2D eigenvalue weighted by atomic mass is 35.5. The zero-order valence-electron chi connectivity index (χ0n) is 17.4. The Morgan fingerprint density at radius 3 is 2.71 bits per heavy atom. The van der Waals surface area contributed by atoms with Gasteiger partial charge in [0, 0.05) is 22.7 Å². The van der Waals surface area contributed by atoms with Crippen molar-refractivity contribution in [2.24, 2.45) is 0 Å². The van der Waals surface area contributed by atoms with Crippen LogP contribution in [0.3, 0.4) is 0 Å². The fraction of sp³-hybridized carbons (Fsp3) is 0.565. The summed E-state index contributed by atoms with van der Waals surface area (Å²) in [7, 11) is 0. The van der Waals surface area contributed by atoms with Gasteiger partial charge in [-0.2, -0.15) is 0 Å². The van der Waals surface area contributed by atoms with Crippen molar-refractivity contribution < 1.29 is 4.79 Å². The number of benzene rings is 1. The van der Waals surface area contributed by atoms with Crippen molar-refractivity contribution in [2.45, 2.75) is 65.3 Å². The van der Waals surface area contributed by atoms with Gasteiger partial charge in [-0.05, 0) is 88.8 Å². The van der Waals surface area contributed by atoms with Crippen LogP contribution in [-0.4, -0.2) is 41.5 Å². The minimum Gasteiger partial charge on any atom is -0.350 e. The van der Waals surface area contributed by atoms with Gasteiger partial charge < -0.3 is 10.2 Å². The molecule has 1 heterocycles. The van der Waals surface area contributed by atoms with Gasteiger partial charge in [0.05, 0.1) is 10.5 Å². The first-order valence-electron chi connectivity index (χ1n) is 10.7. The third-order valence-corrected chi connectivity index (χ3v) is 6.12. The Balaban J connectivity index is 1.68. The van der Waals surface area contributed by atoms with Gasteiger partial charge in [-0.25, -0.2) is 0 Å². The Morgan fingerprint density at radius 1 is 1.21 bits per heavy atom. The smallest absolute Gasteiger partial charge is 0.251 e. The zero-order chi connectivity index (χ0) is 20.1. The second-order valence-corrected chi connectivity index (χ2v) is 8.28. The number of carbonyl (C=O) groups excluding carboxylic acids is 1. The molecule has 3 rings (SSSR count). The van der Waals surface area contributed by atoms with E-state index >= 15 is 0 Å². The SMILES string of the molecule is CCN(CC)CCCC(C)NC(=O)c1cc(Cl)c2cc3c(nc2c1)CCCC3. The molecule has 1 aromatic carbocycles. The van der Waals surface area contributed by atoms with Gasteiger partial charge in [0.1, 0.15) is 0 Å². The molecule has 0 fully saturated rings. The third kappa shape index (κ3) is 5.03. The summed E-state index contributed by atoms with van der Waals surface area (Å²) in [4.78, 5) is 20.0. The summed E-state index contributed by atoms with van der Waals surface area (Å²) in [5.74, 6) is -0.0707. The van der Waals surface area contributed by atoms with Gasteiger partial charge in [-0.3, -0.25) is 9.78 Å². The van der Waals surface area contributed by atoms with Crippen LogP contribution in [0.1, 0.15) is 68.1 Å². The van der Waals surface area contributed by atoms with E-state index in [1.54, 1.807) is 6.07 Å². The lowest BCUT2D eigenvalue weighted by molar-refractivity contribution is 0.0937. The Bertz CT molecular complexity index is 832. The number of hydrogen-bond donors (Lipinski definition) is 1. The molecule has 0 bridgehead atoms. The maximum Gasteiger partial charge on any atom is 0.251 e. The number of amides is 1. The van der Waals surface area contributed by atoms with E-state index in [4.69, 9.17) is 16.6 Å². The number of nitrogens with one attached hydrogen (secondary N) is 1. The van der Waals surface area contributed by atoms with Crippen molar-refractivity contribution in [3.63, 3.8) is 0 Å². The molecule has 5 heteroatoms. The molecule has 0 saturated carbocycles. The highest BCUT2D eigenvalue weighted by Crippen LogP contribution is 2.29. The molecule has 0 saturated heterocycles. The fourth-order valence-electron chi connectivity index (χ4n) is 4.03. The average molecular weight is 402 g/mol. The van der Waals surface area contributed by atoms with Crippen molar-refractivity contribution >= 4 is 28.4 Å². The van der Waals surface area contributed by atoms with Crippen molar-refractivity contribution in [3.05, 3.63) is 40.0 Å². The fourth-order valence-corrected chi connectivity index (χ4v) is 4.29. The Labute approximate surface area is 173 Å². The van der Waals surface area contributed by atoms with E-state index in [2.05, 4.69) is 37.1 Å². The minimum atomic E-state index is -0.0707. The molecule has 1 atom stereocenters. The van der Waals surface area contributed by atoms with Crippen LogP contribution in [0.25, 0.3) is 10.9 Å². The third-order valence-electron chi connectivity index (χ3n) is 5.81. The van der Waals surface area contributed by atoms with Crippen LogP contribution < -0.4 is 5.32 Å². The van der Waals surface area contributed by atoms with Crippen LogP contribution in [0.5, 0.6) is 0 Å². The molecule has 0 spiro atoms. The van der Waals surface area contributed by atoms with Gasteiger partial charge in [-0.15, -0.1) is 0 Å². The predicted octanol–water partition coefficient (Wildman–Crippen LogP) is 5.01. The molecule has 0 aliphatic heterocycles. The van der Waals surface area contributed by atoms with Crippen molar-refractivity contribution in [1.29, 1.82) is 0 Å². The summed E-state index contributed by atoms with van der Waals surface area (Å²) >= 11 is 6.51. The number of halogens is 1. The van der Waals surface area contributed by atoms with E-state index in [9.17, 15) is 4.79 Å². The van der Waals surface area contributed by atoms with Crippen LogP contribution in [-0.2, 0) is 12.8 Å². The summed E-state index contributed by atoms with van der Waals surface area (Å²) in [5.41, 5.74) is 3.89. The van der Waals surface area contributed by atoms with E-state index in [1.165, 1.54) is 18.4 Å². The molecule has 152 valence electrons. The molecule has 1 N–H and O–H groups in total. The summed E-state index contributed by atoms with van der Waals surface area (Å²) in [6.07, 6.45) is 6.53. The average Bonchev–Trinajstić information content (AvgIpc) is 2.70. The van der Waals surface area contributed by atoms with E-state index in [0.717, 1.165) is 61.9 Å². The van der Waals surface area contributed by atoms with Gasteiger partial charge in [-0.1, -0.05) is 25.4 Å². The molecule has 1 amide bonds. The zero-order valence-corrected chi connectivity index (χ0v) is 18.1. The quantitative estimate of drug-likeness (QED) is 0.676. The lowest BCUT2D eigenvalue weighted by Gasteiger charge is -2.20. The van der Waals surface area contributed by atoms with Gasteiger partial charge in [0.15, 0.2) is 0 Å². The number of nitrogens with zero attached hydrogens (tertiary/aromatic N) is 2. The maximum absolute atomic E-state index is 12.7. The van der Waals surface area contributed by atoms with Crippen LogP contribution in [0.15, 0.2) is 18.2 Å². The lowest BCUT2D eigenvalue weighted by atomic mass is 9.94. The topological polar surface area (TPSA) is 45.2 Å². The Morgan fingerprint density at radius 2 is 1.96 bits per heavy atom. The molecule has 1 aliphatic rings. The van der Waals surface area contributed by atoms with E-state index < -0.39 is 0 Å². The van der Waals surface area contributed by atoms with Gasteiger partial charge in [0.25, 0.3) is 5.91 Å². The Kier molecular flexibility index (Phi) is 7.30. The normalized spacial score (nSPS) is 14.9. The number of fused-ring (bicyclic) bond motifs is 2. The van der Waals surface area contributed by atoms with Crippen molar-refractivity contribution in [2.75, 3.05) is 19.6 Å². The van der Waals surface area contributed by atoms with Crippen LogP contribution in [0.4, 0.5) is 0 Å². The number of rotatable bonds is 8. The molecule has 4 nitrogen and oxygen atoms in total. The highest BCUT2D eigenvalue weighted by Gasteiger charge is 2.16. The highest BCUT2D eigenvalue weighted by molar-refractivity contribution is 6.35. The van der Waals surface area contributed by atoms with Crippen molar-refractivity contribution in [1.82, 2.24) is 15.2 Å². The molecular formula is C23H32ClN3O. The summed E-state index contributed by atoms with van der Waals surface area (Å²) in [6.45, 7) is 9.65. The molecule has 28 heavy (non-hydrogen) atoms. The summed E-state index contributed by atoms with van der Waals surface area (Å²) < 4.78 is 0. The van der Waals surface area contributed by atoms with Gasteiger partial charge >= 0.3 is 0 Å². The molecule has 0 radical (unpaired) electrons. The summed E-state index contributed by atoms with van der Waals surface area (Å²) in [6, 6.07) is 5.96. The Hall–Kier alpha value is -1.65. The van der Waals surface area contributed by atoms with E-state index in [0.29, 0.717) is 10.6 Å².